The summed E-state index contributed by atoms with van der Waals surface area (Å²) in [5.74, 6) is -0.195. The van der Waals surface area contributed by atoms with Gasteiger partial charge in [-0.05, 0) is 49.4 Å². The number of rotatable bonds is 4. The van der Waals surface area contributed by atoms with E-state index in [1.165, 1.54) is 0 Å². The summed E-state index contributed by atoms with van der Waals surface area (Å²) in [6, 6.07) is 23.2. The lowest BCUT2D eigenvalue weighted by Crippen LogP contribution is -2.19. The molecular formula is C21H19N3O2. The van der Waals surface area contributed by atoms with Gasteiger partial charge < -0.3 is 16.0 Å². The van der Waals surface area contributed by atoms with E-state index in [9.17, 15) is 9.59 Å². The quantitative estimate of drug-likeness (QED) is 0.630. The molecule has 5 heteroatoms. The molecule has 0 heterocycles. The molecule has 0 unspecified atom stereocenters. The standard InChI is InChI=1S/C21H19N3O2/c1-15-7-5-8-16(13-15)20(25)22-18-11-6-12-19(14-18)24-21(26)23-17-9-3-2-4-10-17/h2-14H,1H3,(H,22,25)(H2,23,24,26). The van der Waals surface area contributed by atoms with Crippen molar-refractivity contribution in [2.75, 3.05) is 16.0 Å². The molecule has 0 atom stereocenters. The van der Waals surface area contributed by atoms with Crippen molar-refractivity contribution in [3.63, 3.8) is 0 Å². The van der Waals surface area contributed by atoms with E-state index in [-0.39, 0.29) is 11.9 Å². The van der Waals surface area contributed by atoms with Gasteiger partial charge in [-0.15, -0.1) is 0 Å². The molecule has 0 aromatic heterocycles. The largest absolute Gasteiger partial charge is 0.323 e. The highest BCUT2D eigenvalue weighted by Crippen LogP contribution is 2.17. The number of carbonyl (C=O) groups excluding carboxylic acids is 2. The Hall–Kier alpha value is -3.60. The number of amides is 3. The third kappa shape index (κ3) is 4.70. The van der Waals surface area contributed by atoms with E-state index in [0.29, 0.717) is 22.6 Å². The summed E-state index contributed by atoms with van der Waals surface area (Å²) >= 11 is 0. The van der Waals surface area contributed by atoms with Crippen LogP contribution in [0.25, 0.3) is 0 Å². The van der Waals surface area contributed by atoms with Crippen molar-refractivity contribution in [3.05, 3.63) is 90.0 Å². The number of para-hydroxylation sites is 1. The third-order valence-electron chi connectivity index (χ3n) is 3.69. The Morgan fingerprint density at radius 1 is 0.654 bits per heavy atom. The van der Waals surface area contributed by atoms with Gasteiger partial charge in [-0.25, -0.2) is 4.79 Å². The van der Waals surface area contributed by atoms with Gasteiger partial charge in [0.25, 0.3) is 5.91 Å². The maximum Gasteiger partial charge on any atom is 0.323 e. The lowest BCUT2D eigenvalue weighted by molar-refractivity contribution is 0.102. The summed E-state index contributed by atoms with van der Waals surface area (Å²) in [4.78, 5) is 24.4. The number of anilines is 3. The summed E-state index contributed by atoms with van der Waals surface area (Å²) in [5, 5.41) is 8.34. The highest BCUT2D eigenvalue weighted by atomic mass is 16.2. The zero-order chi connectivity index (χ0) is 18.4. The van der Waals surface area contributed by atoms with E-state index in [4.69, 9.17) is 0 Å². The summed E-state index contributed by atoms with van der Waals surface area (Å²) in [5.41, 5.74) is 3.50. The van der Waals surface area contributed by atoms with Crippen LogP contribution in [-0.4, -0.2) is 11.9 Å². The van der Waals surface area contributed by atoms with E-state index in [1.54, 1.807) is 42.5 Å². The molecule has 0 saturated heterocycles. The van der Waals surface area contributed by atoms with Gasteiger partial charge in [0.05, 0.1) is 0 Å². The second-order valence-electron chi connectivity index (χ2n) is 5.85. The van der Waals surface area contributed by atoms with E-state index >= 15 is 0 Å². The topological polar surface area (TPSA) is 70.2 Å². The fourth-order valence-corrected chi connectivity index (χ4v) is 2.48. The molecule has 0 aliphatic carbocycles. The lowest BCUT2D eigenvalue weighted by atomic mass is 10.1. The third-order valence-corrected chi connectivity index (χ3v) is 3.69. The van der Waals surface area contributed by atoms with Gasteiger partial charge in [0.2, 0.25) is 0 Å². The number of urea groups is 1. The highest BCUT2D eigenvalue weighted by Gasteiger charge is 2.07. The van der Waals surface area contributed by atoms with Crippen LogP contribution in [-0.2, 0) is 0 Å². The first kappa shape index (κ1) is 17.2. The Kier molecular flexibility index (Phi) is 5.29. The van der Waals surface area contributed by atoms with Crippen molar-refractivity contribution in [1.82, 2.24) is 0 Å². The normalized spacial score (nSPS) is 10.0. The smallest absolute Gasteiger partial charge is 0.322 e. The molecule has 0 spiro atoms. The van der Waals surface area contributed by atoms with Crippen LogP contribution in [0, 0.1) is 6.92 Å². The zero-order valence-electron chi connectivity index (χ0n) is 14.3. The molecule has 0 bridgehead atoms. The van der Waals surface area contributed by atoms with Crippen LogP contribution >= 0.6 is 0 Å². The van der Waals surface area contributed by atoms with E-state index in [2.05, 4.69) is 16.0 Å². The first-order valence-corrected chi connectivity index (χ1v) is 8.21. The van der Waals surface area contributed by atoms with Gasteiger partial charge in [-0.1, -0.05) is 42.0 Å². The van der Waals surface area contributed by atoms with Crippen LogP contribution in [0.2, 0.25) is 0 Å². The van der Waals surface area contributed by atoms with Gasteiger partial charge in [-0.3, -0.25) is 4.79 Å². The number of aryl methyl sites for hydroxylation is 1. The zero-order valence-corrected chi connectivity index (χ0v) is 14.3. The van der Waals surface area contributed by atoms with Crippen LogP contribution in [0.5, 0.6) is 0 Å². The van der Waals surface area contributed by atoms with Crippen molar-refractivity contribution in [1.29, 1.82) is 0 Å². The molecule has 3 rings (SSSR count). The molecule has 5 nitrogen and oxygen atoms in total. The molecule has 3 aromatic rings. The van der Waals surface area contributed by atoms with E-state index < -0.39 is 0 Å². The van der Waals surface area contributed by atoms with E-state index in [1.807, 2.05) is 43.3 Å². The van der Waals surface area contributed by atoms with Gasteiger partial charge in [0, 0.05) is 22.6 Å². The number of hydrogen-bond donors (Lipinski definition) is 3. The van der Waals surface area contributed by atoms with Crippen molar-refractivity contribution in [3.8, 4) is 0 Å². The van der Waals surface area contributed by atoms with Crippen molar-refractivity contribution >= 4 is 29.0 Å². The predicted molar refractivity (Wildman–Crippen MR) is 105 cm³/mol. The average Bonchev–Trinajstić information content (AvgIpc) is 2.62. The van der Waals surface area contributed by atoms with Crippen LogP contribution < -0.4 is 16.0 Å². The summed E-state index contributed by atoms with van der Waals surface area (Å²) in [6.45, 7) is 1.94. The summed E-state index contributed by atoms with van der Waals surface area (Å²) < 4.78 is 0. The fourth-order valence-electron chi connectivity index (χ4n) is 2.48. The van der Waals surface area contributed by atoms with Crippen LogP contribution in [0.15, 0.2) is 78.9 Å². The molecule has 26 heavy (non-hydrogen) atoms. The Morgan fingerprint density at radius 3 is 2.00 bits per heavy atom. The SMILES string of the molecule is Cc1cccc(C(=O)Nc2cccc(NC(=O)Nc3ccccc3)c2)c1. The predicted octanol–water partition coefficient (Wildman–Crippen LogP) is 4.89. The maximum atomic E-state index is 12.3. The number of benzene rings is 3. The molecular weight excluding hydrogens is 326 g/mol. The number of carbonyl (C=O) groups is 2. The molecule has 3 aromatic carbocycles. The van der Waals surface area contributed by atoms with Crippen molar-refractivity contribution in [2.45, 2.75) is 6.92 Å². The number of hydrogen-bond acceptors (Lipinski definition) is 2. The van der Waals surface area contributed by atoms with E-state index in [0.717, 1.165) is 5.56 Å². The molecule has 0 aliphatic heterocycles. The first-order chi connectivity index (χ1) is 12.6. The first-order valence-electron chi connectivity index (χ1n) is 8.21. The van der Waals surface area contributed by atoms with Crippen LogP contribution in [0.4, 0.5) is 21.9 Å². The number of nitrogens with one attached hydrogen (secondary N) is 3. The minimum absolute atomic E-state index is 0.195. The molecule has 3 amide bonds. The van der Waals surface area contributed by atoms with Crippen LogP contribution in [0.3, 0.4) is 0 Å². The Balaban J connectivity index is 1.64. The Bertz CT molecular complexity index is 923. The van der Waals surface area contributed by atoms with Crippen molar-refractivity contribution in [2.24, 2.45) is 0 Å². The molecule has 0 radical (unpaired) electrons. The highest BCUT2D eigenvalue weighted by molar-refractivity contribution is 6.05. The minimum Gasteiger partial charge on any atom is -0.322 e. The Labute approximate surface area is 152 Å². The minimum atomic E-state index is -0.349. The summed E-state index contributed by atoms with van der Waals surface area (Å²) in [7, 11) is 0. The van der Waals surface area contributed by atoms with Gasteiger partial charge in [0.1, 0.15) is 0 Å². The Morgan fingerprint density at radius 2 is 1.27 bits per heavy atom. The molecule has 0 fully saturated rings. The summed E-state index contributed by atoms with van der Waals surface area (Å²) in [6.07, 6.45) is 0. The molecule has 0 aliphatic rings. The fraction of sp³-hybridized carbons (Fsp3) is 0.0476. The monoisotopic (exact) mass is 345 g/mol. The molecule has 130 valence electrons. The molecule has 3 N–H and O–H groups in total. The van der Waals surface area contributed by atoms with Gasteiger partial charge >= 0.3 is 6.03 Å². The second-order valence-corrected chi connectivity index (χ2v) is 5.85. The van der Waals surface area contributed by atoms with Crippen molar-refractivity contribution < 1.29 is 9.59 Å². The van der Waals surface area contributed by atoms with Crippen LogP contribution in [0.1, 0.15) is 15.9 Å². The van der Waals surface area contributed by atoms with Gasteiger partial charge in [-0.2, -0.15) is 0 Å². The molecule has 0 saturated carbocycles. The second kappa shape index (κ2) is 7.98. The maximum absolute atomic E-state index is 12.3. The average molecular weight is 345 g/mol. The lowest BCUT2D eigenvalue weighted by Gasteiger charge is -2.10. The van der Waals surface area contributed by atoms with Gasteiger partial charge in [0.15, 0.2) is 0 Å².